The summed E-state index contributed by atoms with van der Waals surface area (Å²) in [7, 11) is 1.63. The average Bonchev–Trinajstić information content (AvgIpc) is 3.36. The number of fused-ring (bicyclic) bond motifs is 1. The van der Waals surface area contributed by atoms with Crippen molar-refractivity contribution >= 4 is 12.0 Å². The first-order valence-corrected chi connectivity index (χ1v) is 11.8. The van der Waals surface area contributed by atoms with Gasteiger partial charge in [0.25, 0.3) is 0 Å². The number of hydrogen-bond acceptors (Lipinski definition) is 5. The third-order valence-electron chi connectivity index (χ3n) is 6.15. The van der Waals surface area contributed by atoms with Crippen molar-refractivity contribution < 1.29 is 14.3 Å². The summed E-state index contributed by atoms with van der Waals surface area (Å²) in [5.41, 5.74) is 0.902. The summed E-state index contributed by atoms with van der Waals surface area (Å²) in [4.78, 5) is 15.0. The Kier molecular flexibility index (Phi) is 7.12. The highest BCUT2D eigenvalue weighted by Gasteiger charge is 2.33. The van der Waals surface area contributed by atoms with E-state index in [0.717, 1.165) is 61.7 Å². The first kappa shape index (κ1) is 22.4. The third kappa shape index (κ3) is 4.97. The fraction of sp³-hybridized carbons (Fsp3) is 0.560. The quantitative estimate of drug-likeness (QED) is 0.599. The molecule has 4 rings (SSSR count). The van der Waals surface area contributed by atoms with Crippen LogP contribution in [0.25, 0.3) is 6.08 Å². The number of nitrogens with zero attached hydrogens (tertiary/aromatic N) is 4. The van der Waals surface area contributed by atoms with Gasteiger partial charge in [0, 0.05) is 25.6 Å². The standard InChI is InChI=1S/C25H34N4O3/c1-18(2)17-32-21-12-10-19(16-22(21)31-3)11-13-24(30)28-15-7-8-20(28)25-27-26-23-9-5-4-6-14-29(23)25/h10-13,16,18,20H,4-9,14-15,17H2,1-3H3/b13-11+. The molecule has 3 heterocycles. The van der Waals surface area contributed by atoms with Gasteiger partial charge in [-0.25, -0.2) is 0 Å². The van der Waals surface area contributed by atoms with Crippen LogP contribution in [0.2, 0.25) is 0 Å². The molecule has 0 saturated carbocycles. The van der Waals surface area contributed by atoms with Crippen molar-refractivity contribution in [2.75, 3.05) is 20.3 Å². The normalized spacial score (nSPS) is 18.8. The number of carbonyl (C=O) groups is 1. The Bertz CT molecular complexity index is 966. The van der Waals surface area contributed by atoms with E-state index in [4.69, 9.17) is 9.47 Å². The van der Waals surface area contributed by atoms with Gasteiger partial charge in [0.2, 0.25) is 5.91 Å². The van der Waals surface area contributed by atoms with Crippen molar-refractivity contribution in [3.63, 3.8) is 0 Å². The van der Waals surface area contributed by atoms with Crippen molar-refractivity contribution in [2.24, 2.45) is 5.92 Å². The molecular weight excluding hydrogens is 404 g/mol. The molecule has 0 spiro atoms. The second-order valence-electron chi connectivity index (χ2n) is 9.07. The molecule has 0 N–H and O–H groups in total. The molecule has 0 radical (unpaired) electrons. The Balaban J connectivity index is 1.47. The molecule has 1 unspecified atom stereocenters. The smallest absolute Gasteiger partial charge is 0.247 e. The van der Waals surface area contributed by atoms with Crippen LogP contribution in [-0.4, -0.2) is 45.8 Å². The lowest BCUT2D eigenvalue weighted by atomic mass is 10.1. The second-order valence-corrected chi connectivity index (χ2v) is 9.07. The number of hydrogen-bond donors (Lipinski definition) is 0. The predicted octanol–water partition coefficient (Wildman–Crippen LogP) is 4.42. The monoisotopic (exact) mass is 438 g/mol. The molecule has 7 nitrogen and oxygen atoms in total. The van der Waals surface area contributed by atoms with Crippen LogP contribution in [-0.2, 0) is 17.8 Å². The van der Waals surface area contributed by atoms with Crippen LogP contribution in [0.3, 0.4) is 0 Å². The minimum absolute atomic E-state index is 0.00726. The number of rotatable bonds is 7. The van der Waals surface area contributed by atoms with E-state index in [-0.39, 0.29) is 11.9 Å². The van der Waals surface area contributed by atoms with E-state index in [2.05, 4.69) is 28.6 Å². The lowest BCUT2D eigenvalue weighted by molar-refractivity contribution is -0.127. The maximum atomic E-state index is 13.1. The highest BCUT2D eigenvalue weighted by molar-refractivity contribution is 5.92. The summed E-state index contributed by atoms with van der Waals surface area (Å²) in [6.45, 7) is 6.56. The van der Waals surface area contributed by atoms with Crippen LogP contribution < -0.4 is 9.47 Å². The number of ether oxygens (including phenoxy) is 2. The van der Waals surface area contributed by atoms with Crippen LogP contribution in [0.1, 0.15) is 69.2 Å². The van der Waals surface area contributed by atoms with Crippen LogP contribution >= 0.6 is 0 Å². The number of amides is 1. The Morgan fingerprint density at radius 1 is 1.16 bits per heavy atom. The van der Waals surface area contributed by atoms with Gasteiger partial charge in [-0.2, -0.15) is 0 Å². The summed E-state index contributed by atoms with van der Waals surface area (Å²) in [6, 6.07) is 5.75. The number of aryl methyl sites for hydroxylation is 1. The molecule has 2 aliphatic rings. The van der Waals surface area contributed by atoms with Crippen molar-refractivity contribution in [1.29, 1.82) is 0 Å². The molecule has 1 atom stereocenters. The predicted molar refractivity (Wildman–Crippen MR) is 124 cm³/mol. The largest absolute Gasteiger partial charge is 0.493 e. The molecule has 0 aliphatic carbocycles. The zero-order chi connectivity index (χ0) is 22.5. The van der Waals surface area contributed by atoms with E-state index < -0.39 is 0 Å². The highest BCUT2D eigenvalue weighted by Crippen LogP contribution is 2.33. The van der Waals surface area contributed by atoms with Gasteiger partial charge in [0.05, 0.1) is 19.8 Å². The number of aromatic nitrogens is 3. The fourth-order valence-corrected chi connectivity index (χ4v) is 4.48. The zero-order valence-corrected chi connectivity index (χ0v) is 19.4. The molecule has 1 aromatic carbocycles. The lowest BCUT2D eigenvalue weighted by Crippen LogP contribution is -2.30. The average molecular weight is 439 g/mol. The van der Waals surface area contributed by atoms with Gasteiger partial charge in [0.1, 0.15) is 5.82 Å². The summed E-state index contributed by atoms with van der Waals surface area (Å²) in [6.07, 6.45) is 9.94. The summed E-state index contributed by atoms with van der Waals surface area (Å²) < 4.78 is 13.6. The van der Waals surface area contributed by atoms with E-state index in [9.17, 15) is 4.79 Å². The Morgan fingerprint density at radius 3 is 2.84 bits per heavy atom. The van der Waals surface area contributed by atoms with E-state index >= 15 is 0 Å². The van der Waals surface area contributed by atoms with Crippen molar-refractivity contribution in [2.45, 2.75) is 65.0 Å². The Hall–Kier alpha value is -2.83. The summed E-state index contributed by atoms with van der Waals surface area (Å²) in [5.74, 6) is 3.86. The van der Waals surface area contributed by atoms with Crippen molar-refractivity contribution in [1.82, 2.24) is 19.7 Å². The molecule has 2 aliphatic heterocycles. The zero-order valence-electron chi connectivity index (χ0n) is 19.4. The fourth-order valence-electron chi connectivity index (χ4n) is 4.48. The van der Waals surface area contributed by atoms with E-state index in [1.54, 1.807) is 13.2 Å². The van der Waals surface area contributed by atoms with Crippen LogP contribution in [0.4, 0.5) is 0 Å². The van der Waals surface area contributed by atoms with Crippen molar-refractivity contribution in [3.05, 3.63) is 41.5 Å². The first-order valence-electron chi connectivity index (χ1n) is 11.8. The number of methoxy groups -OCH3 is 1. The molecule has 1 amide bonds. The van der Waals surface area contributed by atoms with Gasteiger partial charge >= 0.3 is 0 Å². The van der Waals surface area contributed by atoms with Gasteiger partial charge in [-0.05, 0) is 55.4 Å². The number of carbonyl (C=O) groups excluding carboxylic acids is 1. The second kappa shape index (κ2) is 10.2. The third-order valence-corrected chi connectivity index (χ3v) is 6.15. The van der Waals surface area contributed by atoms with Gasteiger partial charge in [-0.3, -0.25) is 4.79 Å². The topological polar surface area (TPSA) is 69.5 Å². The maximum absolute atomic E-state index is 13.1. The van der Waals surface area contributed by atoms with E-state index in [0.29, 0.717) is 18.3 Å². The molecule has 7 heteroatoms. The summed E-state index contributed by atoms with van der Waals surface area (Å²) >= 11 is 0. The SMILES string of the molecule is COc1cc(/C=C/C(=O)N2CCCC2c2nnc3n2CCCCC3)ccc1OCC(C)C. The number of benzene rings is 1. The van der Waals surface area contributed by atoms with E-state index in [1.165, 1.54) is 12.8 Å². The molecule has 1 aromatic heterocycles. The van der Waals surface area contributed by atoms with E-state index in [1.807, 2.05) is 29.2 Å². The Morgan fingerprint density at radius 2 is 2.03 bits per heavy atom. The molecule has 172 valence electrons. The Labute approximate surface area is 190 Å². The van der Waals surface area contributed by atoms with Crippen LogP contribution in [0.5, 0.6) is 11.5 Å². The molecule has 0 bridgehead atoms. The van der Waals surface area contributed by atoms with Gasteiger partial charge in [-0.15, -0.1) is 10.2 Å². The minimum Gasteiger partial charge on any atom is -0.493 e. The highest BCUT2D eigenvalue weighted by atomic mass is 16.5. The van der Waals surface area contributed by atoms with Gasteiger partial charge in [0.15, 0.2) is 17.3 Å². The molecule has 2 aromatic rings. The van der Waals surface area contributed by atoms with Crippen LogP contribution in [0.15, 0.2) is 24.3 Å². The lowest BCUT2D eigenvalue weighted by Gasteiger charge is -2.23. The van der Waals surface area contributed by atoms with Gasteiger partial charge < -0.3 is 18.9 Å². The molecule has 1 fully saturated rings. The molecule has 32 heavy (non-hydrogen) atoms. The minimum atomic E-state index is 0.00726. The molecular formula is C25H34N4O3. The van der Waals surface area contributed by atoms with Crippen molar-refractivity contribution in [3.8, 4) is 11.5 Å². The molecule has 1 saturated heterocycles. The van der Waals surface area contributed by atoms with Crippen LogP contribution in [0, 0.1) is 5.92 Å². The summed E-state index contributed by atoms with van der Waals surface area (Å²) in [5, 5.41) is 8.93. The number of likely N-dealkylation sites (tertiary alicyclic amines) is 1. The van der Waals surface area contributed by atoms with Gasteiger partial charge in [-0.1, -0.05) is 26.3 Å². The maximum Gasteiger partial charge on any atom is 0.247 e. The first-order chi connectivity index (χ1) is 15.6.